The summed E-state index contributed by atoms with van der Waals surface area (Å²) in [6.07, 6.45) is 0. The van der Waals surface area contributed by atoms with E-state index in [0.717, 1.165) is 16.6 Å². The van der Waals surface area contributed by atoms with Gasteiger partial charge in [-0.2, -0.15) is 0 Å². The molecule has 0 amide bonds. The van der Waals surface area contributed by atoms with Crippen molar-refractivity contribution in [2.45, 2.75) is 6.54 Å². The van der Waals surface area contributed by atoms with Gasteiger partial charge in [-0.15, -0.1) is 5.10 Å². The van der Waals surface area contributed by atoms with Crippen LogP contribution in [0.5, 0.6) is 0 Å². The average molecular weight is 159 g/mol. The second-order valence-corrected chi connectivity index (χ2v) is 2.84. The van der Waals surface area contributed by atoms with Gasteiger partial charge in [-0.05, 0) is 12.1 Å². The molecule has 3 rings (SSSR count). The Morgan fingerprint density at radius 1 is 1.42 bits per heavy atom. The lowest BCUT2D eigenvalue weighted by Gasteiger charge is -1.88. The van der Waals surface area contributed by atoms with Gasteiger partial charge < -0.3 is 0 Å². The number of rotatable bonds is 0. The highest BCUT2D eigenvalue weighted by atomic mass is 16.1. The number of aromatic nitrogens is 3. The molecule has 1 aromatic heterocycles. The van der Waals surface area contributed by atoms with Gasteiger partial charge in [-0.3, -0.25) is 4.79 Å². The lowest BCUT2D eigenvalue weighted by Crippen LogP contribution is -2.01. The summed E-state index contributed by atoms with van der Waals surface area (Å²) in [5.41, 5.74) is 2.43. The van der Waals surface area contributed by atoms with Crippen LogP contribution in [0.15, 0.2) is 18.2 Å². The fourth-order valence-corrected chi connectivity index (χ4v) is 1.59. The van der Waals surface area contributed by atoms with Crippen molar-refractivity contribution in [3.05, 3.63) is 23.8 Å². The van der Waals surface area contributed by atoms with Crippen LogP contribution in [-0.4, -0.2) is 20.8 Å². The Kier molecular flexibility index (Phi) is 0.841. The minimum absolute atomic E-state index is 0.130. The number of para-hydroxylation sites is 1. The Hall–Kier alpha value is -1.71. The zero-order valence-corrected chi connectivity index (χ0v) is 6.19. The molecular weight excluding hydrogens is 154 g/mol. The van der Waals surface area contributed by atoms with Crippen LogP contribution in [-0.2, 0) is 6.54 Å². The minimum Gasteiger partial charge on any atom is -0.292 e. The summed E-state index contributed by atoms with van der Waals surface area (Å²) in [6, 6.07) is 5.51. The van der Waals surface area contributed by atoms with Gasteiger partial charge in [0, 0.05) is 5.56 Å². The Bertz CT molecular complexity index is 486. The van der Waals surface area contributed by atoms with Crippen molar-refractivity contribution < 1.29 is 4.79 Å². The van der Waals surface area contributed by atoms with Gasteiger partial charge >= 0.3 is 0 Å². The number of hydrogen-bond acceptors (Lipinski definition) is 3. The molecule has 0 atom stereocenters. The highest BCUT2D eigenvalue weighted by Crippen LogP contribution is 2.22. The third-order valence-corrected chi connectivity index (χ3v) is 2.13. The predicted molar refractivity (Wildman–Crippen MR) is 41.9 cm³/mol. The second-order valence-electron chi connectivity index (χ2n) is 2.84. The molecule has 0 N–H and O–H groups in total. The fourth-order valence-electron chi connectivity index (χ4n) is 1.59. The van der Waals surface area contributed by atoms with Gasteiger partial charge in [0.05, 0.1) is 0 Å². The molecule has 1 aliphatic rings. The van der Waals surface area contributed by atoms with Crippen LogP contribution in [0.2, 0.25) is 0 Å². The number of carbonyl (C=O) groups excluding carboxylic acids is 1. The lowest BCUT2D eigenvalue weighted by atomic mass is 10.1. The number of Topliss-reactive ketones (excluding diaryl/α,β-unsaturated/α-hetero) is 1. The van der Waals surface area contributed by atoms with E-state index in [1.165, 1.54) is 0 Å². The van der Waals surface area contributed by atoms with Crippen LogP contribution in [0, 0.1) is 0 Å². The van der Waals surface area contributed by atoms with E-state index < -0.39 is 0 Å². The Labute approximate surface area is 67.8 Å². The van der Waals surface area contributed by atoms with E-state index in [1.54, 1.807) is 4.68 Å². The molecule has 0 aliphatic carbocycles. The monoisotopic (exact) mass is 159 g/mol. The fraction of sp³-hybridized carbons (Fsp3) is 0.125. The summed E-state index contributed by atoms with van der Waals surface area (Å²) in [5.74, 6) is 0.130. The molecule has 0 bridgehead atoms. The molecule has 2 aromatic rings. The van der Waals surface area contributed by atoms with Crippen LogP contribution < -0.4 is 0 Å². The number of ketones is 1. The van der Waals surface area contributed by atoms with E-state index in [-0.39, 0.29) is 5.78 Å². The minimum atomic E-state index is 0.130. The number of carbonyl (C=O) groups is 1. The summed E-state index contributed by atoms with van der Waals surface area (Å²) in [5, 5.41) is 7.79. The molecule has 4 nitrogen and oxygen atoms in total. The summed E-state index contributed by atoms with van der Waals surface area (Å²) >= 11 is 0. The SMILES string of the molecule is O=C1Cn2nnc3cccc1c32. The molecule has 0 fully saturated rings. The summed E-state index contributed by atoms with van der Waals surface area (Å²) in [6.45, 7) is 0.343. The molecule has 0 spiro atoms. The van der Waals surface area contributed by atoms with E-state index in [0.29, 0.717) is 6.54 Å². The van der Waals surface area contributed by atoms with Gasteiger partial charge in [0.25, 0.3) is 0 Å². The standard InChI is InChI=1S/C8H5N3O/c12-7-4-11-8-5(7)2-1-3-6(8)9-10-11/h1-3H,4H2. The van der Waals surface area contributed by atoms with Gasteiger partial charge in [0.1, 0.15) is 17.6 Å². The van der Waals surface area contributed by atoms with E-state index in [4.69, 9.17) is 0 Å². The number of hydrogen-bond donors (Lipinski definition) is 0. The maximum atomic E-state index is 11.3. The van der Waals surface area contributed by atoms with Gasteiger partial charge in [0.2, 0.25) is 0 Å². The van der Waals surface area contributed by atoms with Crippen molar-refractivity contribution in [2.24, 2.45) is 0 Å². The third-order valence-electron chi connectivity index (χ3n) is 2.13. The van der Waals surface area contributed by atoms with E-state index in [2.05, 4.69) is 10.3 Å². The Morgan fingerprint density at radius 3 is 3.25 bits per heavy atom. The first-order valence-electron chi connectivity index (χ1n) is 3.72. The first-order valence-corrected chi connectivity index (χ1v) is 3.72. The lowest BCUT2D eigenvalue weighted by molar-refractivity contribution is 0.0981. The zero-order chi connectivity index (χ0) is 8.13. The quantitative estimate of drug-likeness (QED) is 0.566. The molecule has 0 unspecified atom stereocenters. The summed E-state index contributed by atoms with van der Waals surface area (Å²) in [7, 11) is 0. The maximum absolute atomic E-state index is 11.3. The number of benzene rings is 1. The van der Waals surface area contributed by atoms with Crippen molar-refractivity contribution in [1.82, 2.24) is 15.0 Å². The van der Waals surface area contributed by atoms with Crippen LogP contribution >= 0.6 is 0 Å². The van der Waals surface area contributed by atoms with Crippen molar-refractivity contribution in [3.63, 3.8) is 0 Å². The Balaban J connectivity index is 2.60. The summed E-state index contributed by atoms with van der Waals surface area (Å²) < 4.78 is 1.65. The molecule has 0 saturated carbocycles. The topological polar surface area (TPSA) is 47.8 Å². The molecule has 4 heteroatoms. The van der Waals surface area contributed by atoms with E-state index in [1.807, 2.05) is 18.2 Å². The highest BCUT2D eigenvalue weighted by molar-refractivity contribution is 6.09. The molecule has 1 aromatic carbocycles. The number of nitrogens with zero attached hydrogens (tertiary/aromatic N) is 3. The van der Waals surface area contributed by atoms with Crippen molar-refractivity contribution in [3.8, 4) is 0 Å². The molecule has 12 heavy (non-hydrogen) atoms. The van der Waals surface area contributed by atoms with Crippen molar-refractivity contribution in [1.29, 1.82) is 0 Å². The third kappa shape index (κ3) is 0.514. The van der Waals surface area contributed by atoms with Crippen LogP contribution in [0.25, 0.3) is 11.0 Å². The van der Waals surface area contributed by atoms with Crippen LogP contribution in [0.4, 0.5) is 0 Å². The van der Waals surface area contributed by atoms with Crippen molar-refractivity contribution >= 4 is 16.8 Å². The van der Waals surface area contributed by atoms with Crippen LogP contribution in [0.3, 0.4) is 0 Å². The van der Waals surface area contributed by atoms with Gasteiger partial charge in [0.15, 0.2) is 5.78 Å². The molecule has 2 heterocycles. The molecule has 0 radical (unpaired) electrons. The van der Waals surface area contributed by atoms with Gasteiger partial charge in [-0.1, -0.05) is 11.3 Å². The average Bonchev–Trinajstić information content (AvgIpc) is 2.61. The first kappa shape index (κ1) is 5.88. The van der Waals surface area contributed by atoms with Crippen LogP contribution in [0.1, 0.15) is 10.4 Å². The predicted octanol–water partition coefficient (Wildman–Crippen LogP) is 0.628. The normalized spacial score (nSPS) is 14.5. The molecule has 58 valence electrons. The second kappa shape index (κ2) is 1.72. The largest absolute Gasteiger partial charge is 0.292 e. The molecule has 1 aliphatic heterocycles. The highest BCUT2D eigenvalue weighted by Gasteiger charge is 2.22. The summed E-state index contributed by atoms with van der Waals surface area (Å²) in [4.78, 5) is 11.3. The van der Waals surface area contributed by atoms with Crippen molar-refractivity contribution in [2.75, 3.05) is 0 Å². The Morgan fingerprint density at radius 2 is 2.33 bits per heavy atom. The maximum Gasteiger partial charge on any atom is 0.186 e. The van der Waals surface area contributed by atoms with E-state index >= 15 is 0 Å². The first-order chi connectivity index (χ1) is 5.86. The van der Waals surface area contributed by atoms with Gasteiger partial charge in [-0.25, -0.2) is 4.68 Å². The smallest absolute Gasteiger partial charge is 0.186 e. The zero-order valence-electron chi connectivity index (χ0n) is 6.19. The molecular formula is C8H5N3O. The molecule has 0 saturated heterocycles. The van der Waals surface area contributed by atoms with E-state index in [9.17, 15) is 4.79 Å².